The highest BCUT2D eigenvalue weighted by Crippen LogP contribution is 2.43. The number of nitrogens with zero attached hydrogens (tertiary/aromatic N) is 6. The van der Waals surface area contributed by atoms with Gasteiger partial charge in [-0.2, -0.15) is 0 Å². The van der Waals surface area contributed by atoms with Crippen LogP contribution in [0.4, 0.5) is 20.5 Å². The fraction of sp³-hybridized carbons (Fsp3) is 0.500. The van der Waals surface area contributed by atoms with E-state index in [4.69, 9.17) is 0 Å². The lowest BCUT2D eigenvalue weighted by Crippen LogP contribution is -2.14. The predicted octanol–water partition coefficient (Wildman–Crippen LogP) is 4.66. The molecule has 5 rings (SSSR count). The Morgan fingerprint density at radius 3 is 2.16 bits per heavy atom. The minimum absolute atomic E-state index is 0.136. The fourth-order valence-electron chi connectivity index (χ4n) is 4.22. The second-order valence-electron chi connectivity index (χ2n) is 8.64. The summed E-state index contributed by atoms with van der Waals surface area (Å²) in [6.07, 6.45) is 5.29. The lowest BCUT2D eigenvalue weighted by molar-refractivity contribution is -0.115. The molecule has 0 radical (unpaired) electrons. The van der Waals surface area contributed by atoms with E-state index in [9.17, 15) is 4.79 Å². The van der Waals surface area contributed by atoms with Crippen molar-refractivity contribution in [2.24, 2.45) is 0 Å². The molecule has 0 aliphatic heterocycles. The number of carbonyl (C=O) groups is 1. The van der Waals surface area contributed by atoms with Crippen molar-refractivity contribution in [1.29, 1.82) is 0 Å². The van der Waals surface area contributed by atoms with Gasteiger partial charge >= 0.3 is 0 Å². The number of nitrogens with one attached hydrogen (secondary N) is 4. The van der Waals surface area contributed by atoms with E-state index < -0.39 is 0 Å². The van der Waals surface area contributed by atoms with Gasteiger partial charge in [-0.1, -0.05) is 29.1 Å². The molecule has 15 heteroatoms. The molecule has 4 aromatic rings. The van der Waals surface area contributed by atoms with E-state index in [0.29, 0.717) is 17.0 Å². The van der Waals surface area contributed by atoms with Crippen LogP contribution in [-0.4, -0.2) is 56.9 Å². The third kappa shape index (κ3) is 6.77. The molecule has 0 bridgehead atoms. The second kappa shape index (κ2) is 12.2. The van der Waals surface area contributed by atoms with Crippen LogP contribution in [0.25, 0.3) is 0 Å². The van der Waals surface area contributed by atoms with Crippen LogP contribution in [0.3, 0.4) is 0 Å². The SMILES string of the molecule is CNc1nc(CCNc2nnc(C3CCCC(c4nnc(NC(=O)Cc5csc(NC)n5)s4)C3)s2)cs1. The first kappa shape index (κ1) is 25.9. The first-order chi connectivity index (χ1) is 18.1. The Morgan fingerprint density at radius 2 is 1.49 bits per heavy atom. The van der Waals surface area contributed by atoms with E-state index in [1.165, 1.54) is 22.7 Å². The van der Waals surface area contributed by atoms with Crippen LogP contribution in [0, 0.1) is 0 Å². The first-order valence-electron chi connectivity index (χ1n) is 12.0. The highest BCUT2D eigenvalue weighted by molar-refractivity contribution is 7.16. The van der Waals surface area contributed by atoms with E-state index >= 15 is 0 Å². The zero-order chi connectivity index (χ0) is 25.6. The van der Waals surface area contributed by atoms with E-state index in [0.717, 1.165) is 75.4 Å². The second-order valence-corrected chi connectivity index (χ2v) is 12.4. The predicted molar refractivity (Wildman–Crippen MR) is 152 cm³/mol. The summed E-state index contributed by atoms with van der Waals surface area (Å²) < 4.78 is 0. The Hall–Kier alpha value is -2.75. The summed E-state index contributed by atoms with van der Waals surface area (Å²) in [7, 11) is 3.69. The molecular formula is C22H28N10OS4. The number of aromatic nitrogens is 6. The molecule has 4 heterocycles. The fourth-order valence-corrected chi connectivity index (χ4v) is 7.43. The average molecular weight is 577 g/mol. The summed E-state index contributed by atoms with van der Waals surface area (Å²) in [4.78, 5) is 21.3. The van der Waals surface area contributed by atoms with Crippen molar-refractivity contribution in [3.05, 3.63) is 32.2 Å². The van der Waals surface area contributed by atoms with Crippen molar-refractivity contribution in [2.75, 3.05) is 41.9 Å². The maximum absolute atomic E-state index is 12.4. The minimum atomic E-state index is -0.136. The first-order valence-corrected chi connectivity index (χ1v) is 15.4. The molecule has 0 spiro atoms. The molecule has 1 amide bonds. The Bertz CT molecular complexity index is 1310. The van der Waals surface area contributed by atoms with E-state index in [1.54, 1.807) is 22.7 Å². The number of carbonyl (C=O) groups excluding carboxylic acids is 1. The molecule has 196 valence electrons. The van der Waals surface area contributed by atoms with Gasteiger partial charge in [0.1, 0.15) is 10.0 Å². The van der Waals surface area contributed by atoms with Gasteiger partial charge in [0.05, 0.1) is 17.8 Å². The normalized spacial score (nSPS) is 17.5. The van der Waals surface area contributed by atoms with Crippen molar-refractivity contribution in [3.8, 4) is 0 Å². The largest absolute Gasteiger partial charge is 0.365 e. The zero-order valence-electron chi connectivity index (χ0n) is 20.5. The van der Waals surface area contributed by atoms with Crippen molar-refractivity contribution in [1.82, 2.24) is 30.4 Å². The zero-order valence-corrected chi connectivity index (χ0v) is 23.7. The van der Waals surface area contributed by atoms with Gasteiger partial charge in [0.2, 0.25) is 16.2 Å². The van der Waals surface area contributed by atoms with Crippen molar-refractivity contribution >= 4 is 71.8 Å². The van der Waals surface area contributed by atoms with Crippen LogP contribution in [-0.2, 0) is 17.6 Å². The summed E-state index contributed by atoms with van der Waals surface area (Å²) in [6.45, 7) is 0.771. The van der Waals surface area contributed by atoms with Crippen molar-refractivity contribution in [3.63, 3.8) is 0 Å². The number of hydrogen-bond donors (Lipinski definition) is 4. The summed E-state index contributed by atoms with van der Waals surface area (Å²) >= 11 is 6.19. The summed E-state index contributed by atoms with van der Waals surface area (Å²) in [6, 6.07) is 0. The van der Waals surface area contributed by atoms with Gasteiger partial charge in [0, 0.05) is 49.7 Å². The van der Waals surface area contributed by atoms with Gasteiger partial charge in [-0.25, -0.2) is 9.97 Å². The van der Waals surface area contributed by atoms with Crippen LogP contribution in [0.1, 0.15) is 58.9 Å². The smallest absolute Gasteiger partial charge is 0.232 e. The molecule has 0 saturated heterocycles. The number of hydrogen-bond acceptors (Lipinski definition) is 14. The summed E-state index contributed by atoms with van der Waals surface area (Å²) in [5.41, 5.74) is 1.81. The quantitative estimate of drug-likeness (QED) is 0.199. The van der Waals surface area contributed by atoms with Gasteiger partial charge in [-0.3, -0.25) is 4.79 Å². The monoisotopic (exact) mass is 576 g/mol. The van der Waals surface area contributed by atoms with Crippen LogP contribution in [0.2, 0.25) is 0 Å². The molecule has 1 aliphatic rings. The standard InChI is InChI=1S/C22H28N10OS4/c1-23-19-26-14(10-34-19)6-7-25-21-31-29-17(36-21)12-4-3-5-13(8-12)18-30-32-22(37-18)28-16(33)9-15-11-35-20(24-2)27-15/h10-13H,3-9H2,1-2H3,(H,23,26)(H,24,27)(H,25,31)(H,28,32,33). The maximum atomic E-state index is 12.4. The van der Waals surface area contributed by atoms with Gasteiger partial charge in [-0.05, 0) is 19.3 Å². The van der Waals surface area contributed by atoms with Gasteiger partial charge in [0.15, 0.2) is 10.3 Å². The van der Waals surface area contributed by atoms with Crippen LogP contribution >= 0.6 is 45.3 Å². The van der Waals surface area contributed by atoms with Crippen LogP contribution in [0.5, 0.6) is 0 Å². The summed E-state index contributed by atoms with van der Waals surface area (Å²) in [5, 5.41) is 38.9. The van der Waals surface area contributed by atoms with Gasteiger partial charge in [-0.15, -0.1) is 43.1 Å². The highest BCUT2D eigenvalue weighted by atomic mass is 32.1. The molecule has 37 heavy (non-hydrogen) atoms. The van der Waals surface area contributed by atoms with Crippen LogP contribution < -0.4 is 21.3 Å². The maximum Gasteiger partial charge on any atom is 0.232 e. The van der Waals surface area contributed by atoms with Gasteiger partial charge in [0.25, 0.3) is 0 Å². The molecule has 11 nitrogen and oxygen atoms in total. The summed E-state index contributed by atoms with van der Waals surface area (Å²) in [5.74, 6) is 0.532. The Labute approximate surface area is 230 Å². The molecule has 1 fully saturated rings. The molecule has 2 unspecified atom stereocenters. The van der Waals surface area contributed by atoms with Crippen molar-refractivity contribution in [2.45, 2.75) is 50.4 Å². The molecule has 2 atom stereocenters. The van der Waals surface area contributed by atoms with E-state index in [1.807, 2.05) is 19.5 Å². The van der Waals surface area contributed by atoms with E-state index in [-0.39, 0.29) is 12.3 Å². The third-order valence-corrected chi connectivity index (χ3v) is 9.89. The number of rotatable bonds is 11. The third-order valence-electron chi connectivity index (χ3n) is 6.03. The number of anilines is 4. The van der Waals surface area contributed by atoms with Gasteiger partial charge < -0.3 is 21.3 Å². The Balaban J connectivity index is 1.12. The Morgan fingerprint density at radius 1 is 0.865 bits per heavy atom. The number of thiazole rings is 2. The lowest BCUT2D eigenvalue weighted by atomic mass is 9.82. The molecule has 4 aromatic heterocycles. The topological polar surface area (TPSA) is 143 Å². The lowest BCUT2D eigenvalue weighted by Gasteiger charge is -2.25. The average Bonchev–Trinajstić information content (AvgIpc) is 3.72. The van der Waals surface area contributed by atoms with Crippen LogP contribution in [0.15, 0.2) is 10.8 Å². The molecule has 0 aromatic carbocycles. The number of amides is 1. The molecule has 1 saturated carbocycles. The molecular weight excluding hydrogens is 549 g/mol. The highest BCUT2D eigenvalue weighted by Gasteiger charge is 2.29. The molecule has 1 aliphatic carbocycles. The Kier molecular flexibility index (Phi) is 8.53. The molecule has 4 N–H and O–H groups in total. The minimum Gasteiger partial charge on any atom is -0.365 e. The van der Waals surface area contributed by atoms with Crippen molar-refractivity contribution < 1.29 is 4.79 Å². The van der Waals surface area contributed by atoms with E-state index in [2.05, 4.69) is 57.0 Å².